The standard InChI is InChI=1S/C23H15Cl3N2O3S/c1-12(22(29)28-17-8-4-6-15(24)21(17)26)31-23(30)14-11-18(19-9-10-20(25)32-19)27-16-7-3-2-5-13(14)16/h2-12H,1H3,(H,28,29). The van der Waals surface area contributed by atoms with Crippen LogP contribution in [0.4, 0.5) is 5.69 Å². The second-order valence-corrected chi connectivity index (χ2v) is 9.31. The van der Waals surface area contributed by atoms with Gasteiger partial charge in [-0.25, -0.2) is 9.78 Å². The maximum Gasteiger partial charge on any atom is 0.339 e. The van der Waals surface area contributed by atoms with E-state index in [2.05, 4.69) is 10.3 Å². The zero-order valence-corrected chi connectivity index (χ0v) is 19.6. The first-order valence-electron chi connectivity index (χ1n) is 9.45. The van der Waals surface area contributed by atoms with Crippen molar-refractivity contribution < 1.29 is 14.3 Å². The molecule has 0 aliphatic rings. The highest BCUT2D eigenvalue weighted by molar-refractivity contribution is 7.19. The second-order valence-electron chi connectivity index (χ2n) is 6.81. The first kappa shape index (κ1) is 22.6. The minimum Gasteiger partial charge on any atom is -0.449 e. The molecule has 0 fully saturated rings. The van der Waals surface area contributed by atoms with Crippen molar-refractivity contribution in [3.05, 3.63) is 80.6 Å². The number of carbonyl (C=O) groups excluding carboxylic acids is 2. The Morgan fingerprint density at radius 3 is 2.56 bits per heavy atom. The smallest absolute Gasteiger partial charge is 0.339 e. The van der Waals surface area contributed by atoms with Crippen molar-refractivity contribution in [2.24, 2.45) is 0 Å². The lowest BCUT2D eigenvalue weighted by Gasteiger charge is -2.15. The van der Waals surface area contributed by atoms with Crippen molar-refractivity contribution in [2.75, 3.05) is 5.32 Å². The van der Waals surface area contributed by atoms with Gasteiger partial charge in [0.25, 0.3) is 5.91 Å². The molecular weight excluding hydrogens is 491 g/mol. The summed E-state index contributed by atoms with van der Waals surface area (Å²) in [5, 5.41) is 3.76. The van der Waals surface area contributed by atoms with Crippen LogP contribution in [-0.4, -0.2) is 23.0 Å². The Labute approximate surface area is 202 Å². The van der Waals surface area contributed by atoms with Gasteiger partial charge in [0, 0.05) is 5.39 Å². The lowest BCUT2D eigenvalue weighted by molar-refractivity contribution is -0.123. The summed E-state index contributed by atoms with van der Waals surface area (Å²) in [6.07, 6.45) is -1.08. The molecule has 0 saturated carbocycles. The highest BCUT2D eigenvalue weighted by atomic mass is 35.5. The number of rotatable bonds is 5. The molecule has 2 aromatic heterocycles. The van der Waals surface area contributed by atoms with Crippen LogP contribution in [0.3, 0.4) is 0 Å². The molecule has 162 valence electrons. The molecule has 0 aliphatic heterocycles. The summed E-state index contributed by atoms with van der Waals surface area (Å²) < 4.78 is 6.08. The Bertz CT molecular complexity index is 1340. The van der Waals surface area contributed by atoms with Crippen molar-refractivity contribution in [3.63, 3.8) is 0 Å². The first-order valence-corrected chi connectivity index (χ1v) is 11.4. The Hall–Kier alpha value is -2.64. The van der Waals surface area contributed by atoms with Crippen LogP contribution < -0.4 is 5.32 Å². The Morgan fingerprint density at radius 2 is 1.81 bits per heavy atom. The van der Waals surface area contributed by atoms with E-state index in [-0.39, 0.29) is 5.02 Å². The van der Waals surface area contributed by atoms with Gasteiger partial charge in [0.2, 0.25) is 0 Å². The van der Waals surface area contributed by atoms with Crippen molar-refractivity contribution >= 4 is 74.6 Å². The lowest BCUT2D eigenvalue weighted by atomic mass is 10.1. The summed E-state index contributed by atoms with van der Waals surface area (Å²) in [5.41, 5.74) is 1.86. The number of nitrogens with one attached hydrogen (secondary N) is 1. The van der Waals surface area contributed by atoms with Crippen molar-refractivity contribution in [1.82, 2.24) is 4.98 Å². The van der Waals surface area contributed by atoms with Gasteiger partial charge in [-0.15, -0.1) is 11.3 Å². The molecule has 4 aromatic rings. The largest absolute Gasteiger partial charge is 0.449 e. The first-order chi connectivity index (χ1) is 15.3. The molecule has 1 N–H and O–H groups in total. The zero-order valence-electron chi connectivity index (χ0n) is 16.6. The molecule has 0 aliphatic carbocycles. The van der Waals surface area contributed by atoms with Crippen LogP contribution in [0.5, 0.6) is 0 Å². The SMILES string of the molecule is CC(OC(=O)c1cc(-c2ccc(Cl)s2)nc2ccccc12)C(=O)Nc1cccc(Cl)c1Cl. The van der Waals surface area contributed by atoms with Gasteiger partial charge in [0.15, 0.2) is 6.10 Å². The molecule has 0 radical (unpaired) electrons. The van der Waals surface area contributed by atoms with Crippen LogP contribution in [0.25, 0.3) is 21.5 Å². The number of esters is 1. The number of hydrogen-bond donors (Lipinski definition) is 1. The Morgan fingerprint density at radius 1 is 1.03 bits per heavy atom. The minimum absolute atomic E-state index is 0.209. The predicted octanol–water partition coefficient (Wildman–Crippen LogP) is 7.11. The third-order valence-corrected chi connectivity index (χ3v) is 6.70. The predicted molar refractivity (Wildman–Crippen MR) is 130 cm³/mol. The molecule has 9 heteroatoms. The average Bonchev–Trinajstić information content (AvgIpc) is 3.22. The minimum atomic E-state index is -1.08. The number of benzene rings is 2. The second kappa shape index (κ2) is 9.46. The number of ether oxygens (including phenoxy) is 1. The van der Waals surface area contributed by atoms with Crippen LogP contribution in [0.15, 0.2) is 60.7 Å². The summed E-state index contributed by atoms with van der Waals surface area (Å²) in [6.45, 7) is 1.48. The maximum absolute atomic E-state index is 13.0. The molecule has 1 unspecified atom stereocenters. The van der Waals surface area contributed by atoms with Gasteiger partial charge < -0.3 is 10.1 Å². The van der Waals surface area contributed by atoms with Crippen LogP contribution in [0.1, 0.15) is 17.3 Å². The van der Waals surface area contributed by atoms with Gasteiger partial charge in [0.05, 0.1) is 41.7 Å². The average molecular weight is 506 g/mol. The van der Waals surface area contributed by atoms with E-state index in [1.165, 1.54) is 18.3 Å². The van der Waals surface area contributed by atoms with Crippen molar-refractivity contribution in [2.45, 2.75) is 13.0 Å². The number of aromatic nitrogens is 1. The zero-order chi connectivity index (χ0) is 22.8. The lowest BCUT2D eigenvalue weighted by Crippen LogP contribution is -2.30. The number of anilines is 1. The number of halogens is 3. The summed E-state index contributed by atoms with van der Waals surface area (Å²) in [6, 6.07) is 17.3. The van der Waals surface area contributed by atoms with E-state index in [0.717, 1.165) is 4.88 Å². The van der Waals surface area contributed by atoms with Gasteiger partial charge >= 0.3 is 5.97 Å². The summed E-state index contributed by atoms with van der Waals surface area (Å²) in [4.78, 5) is 31.1. The number of thiophene rings is 1. The van der Waals surface area contributed by atoms with E-state index >= 15 is 0 Å². The molecule has 2 aromatic carbocycles. The van der Waals surface area contributed by atoms with E-state index < -0.39 is 18.0 Å². The highest BCUT2D eigenvalue weighted by Crippen LogP contribution is 2.33. The molecule has 1 atom stereocenters. The van der Waals surface area contributed by atoms with Gasteiger partial charge in [-0.3, -0.25) is 4.79 Å². The third kappa shape index (κ3) is 4.74. The van der Waals surface area contributed by atoms with Crippen LogP contribution in [-0.2, 0) is 9.53 Å². The number of para-hydroxylation sites is 1. The number of hydrogen-bond acceptors (Lipinski definition) is 5. The van der Waals surface area contributed by atoms with E-state index in [0.29, 0.717) is 37.2 Å². The van der Waals surface area contributed by atoms with Crippen molar-refractivity contribution in [1.29, 1.82) is 0 Å². The maximum atomic E-state index is 13.0. The van der Waals surface area contributed by atoms with Crippen molar-refractivity contribution in [3.8, 4) is 10.6 Å². The molecule has 32 heavy (non-hydrogen) atoms. The van der Waals surface area contributed by atoms with E-state index in [1.54, 1.807) is 42.5 Å². The molecular formula is C23H15Cl3N2O3S. The fourth-order valence-electron chi connectivity index (χ4n) is 3.03. The Balaban J connectivity index is 1.60. The molecule has 5 nitrogen and oxygen atoms in total. The number of pyridine rings is 1. The summed E-state index contributed by atoms with van der Waals surface area (Å²) in [7, 11) is 0. The number of fused-ring (bicyclic) bond motifs is 1. The van der Waals surface area contributed by atoms with E-state index in [9.17, 15) is 9.59 Å². The molecule has 2 heterocycles. The normalized spacial score (nSPS) is 11.9. The highest BCUT2D eigenvalue weighted by Gasteiger charge is 2.23. The third-order valence-electron chi connectivity index (χ3n) is 4.62. The van der Waals surface area contributed by atoms with E-state index in [1.807, 2.05) is 18.2 Å². The summed E-state index contributed by atoms with van der Waals surface area (Å²) in [5.74, 6) is -1.18. The fourth-order valence-corrected chi connectivity index (χ4v) is 4.39. The van der Waals surface area contributed by atoms with Gasteiger partial charge in [-0.2, -0.15) is 0 Å². The van der Waals surface area contributed by atoms with Crippen LogP contribution in [0.2, 0.25) is 14.4 Å². The quantitative estimate of drug-likeness (QED) is 0.294. The summed E-state index contributed by atoms with van der Waals surface area (Å²) >= 11 is 19.5. The van der Waals surface area contributed by atoms with Gasteiger partial charge in [-0.05, 0) is 43.3 Å². The molecule has 0 spiro atoms. The molecule has 0 bridgehead atoms. The molecule has 4 rings (SSSR count). The Kier molecular flexibility index (Phi) is 6.67. The fraction of sp³-hybridized carbons (Fsp3) is 0.0870. The monoisotopic (exact) mass is 504 g/mol. The topological polar surface area (TPSA) is 68.3 Å². The number of nitrogens with zero attached hydrogens (tertiary/aromatic N) is 1. The van der Waals surface area contributed by atoms with Crippen LogP contribution >= 0.6 is 46.1 Å². The van der Waals surface area contributed by atoms with Crippen LogP contribution in [0, 0.1) is 0 Å². The number of carbonyl (C=O) groups is 2. The molecule has 0 saturated heterocycles. The van der Waals surface area contributed by atoms with Gasteiger partial charge in [0.1, 0.15) is 0 Å². The number of amides is 1. The van der Waals surface area contributed by atoms with E-state index in [4.69, 9.17) is 39.5 Å². The molecule has 1 amide bonds. The van der Waals surface area contributed by atoms with Gasteiger partial charge in [-0.1, -0.05) is 59.1 Å².